The minimum absolute atomic E-state index is 0.0459. The predicted octanol–water partition coefficient (Wildman–Crippen LogP) is 8.55. The molecule has 39 heavy (non-hydrogen) atoms. The van der Waals surface area contributed by atoms with Crippen LogP contribution in [0.3, 0.4) is 0 Å². The fourth-order valence-electron chi connectivity index (χ4n) is 5.81. The molecule has 4 nitrogen and oxygen atoms in total. The summed E-state index contributed by atoms with van der Waals surface area (Å²) < 4.78 is 4.64. The molecule has 0 amide bonds. The zero-order chi connectivity index (χ0) is 28.8. The third-order valence-corrected chi connectivity index (χ3v) is 9.43. The quantitative estimate of drug-likeness (QED) is 0.232. The molecule has 0 fully saturated rings. The van der Waals surface area contributed by atoms with Crippen LogP contribution in [0.5, 0.6) is 0 Å². The van der Waals surface area contributed by atoms with E-state index in [4.69, 9.17) is 9.97 Å². The second-order valence-electron chi connectivity index (χ2n) is 15.1. The van der Waals surface area contributed by atoms with Crippen LogP contribution in [0.15, 0.2) is 60.9 Å². The fraction of sp³-hybridized carbons (Fsp3) is 0.486. The van der Waals surface area contributed by atoms with E-state index in [1.807, 2.05) is 0 Å². The molecule has 0 aliphatic carbocycles. The molecule has 0 saturated heterocycles. The molecule has 1 aliphatic rings. The highest BCUT2D eigenvalue weighted by Crippen LogP contribution is 2.47. The van der Waals surface area contributed by atoms with Gasteiger partial charge < -0.3 is 9.13 Å². The van der Waals surface area contributed by atoms with E-state index in [0.29, 0.717) is 0 Å². The van der Waals surface area contributed by atoms with Gasteiger partial charge in [-0.05, 0) is 61.4 Å². The Morgan fingerprint density at radius 3 is 1.26 bits per heavy atom. The SMILES string of the molecule is CC(C)(C)c1cc2cn1-c1cccc(n1)C(C)(C)c1cccc(n1)-n1cc(cc1C(C)(C)C)C(C)(C)C2(C)C. The number of pyridine rings is 2. The molecule has 206 valence electrons. The Labute approximate surface area is 235 Å². The van der Waals surface area contributed by atoms with Crippen LogP contribution < -0.4 is 0 Å². The molecule has 5 heterocycles. The number of hydrogen-bond acceptors (Lipinski definition) is 2. The van der Waals surface area contributed by atoms with Gasteiger partial charge in [-0.25, -0.2) is 9.97 Å². The average Bonchev–Trinajstić information content (AvgIpc) is 3.50. The van der Waals surface area contributed by atoms with Crippen LogP contribution in [0.1, 0.15) is 117 Å². The lowest BCUT2D eigenvalue weighted by molar-refractivity contribution is 0.303. The molecule has 4 aromatic rings. The molecule has 0 unspecified atom stereocenters. The maximum absolute atomic E-state index is 5.28. The van der Waals surface area contributed by atoms with Crippen LogP contribution >= 0.6 is 0 Å². The van der Waals surface area contributed by atoms with E-state index in [-0.39, 0.29) is 27.1 Å². The van der Waals surface area contributed by atoms with Gasteiger partial charge in [0.2, 0.25) is 0 Å². The van der Waals surface area contributed by atoms with Gasteiger partial charge >= 0.3 is 0 Å². The standard InChI is InChI=1S/C35H46N4/c1-31(2,3)27-19-23-21-38(27)29-17-13-15-25(36-29)33(7,8)26-16-14-18-30(37-26)39-22-24(20-28(39)32(4,5)6)35(11,12)34(23,9)10/h13-22H,1-12H3. The third kappa shape index (κ3) is 4.27. The van der Waals surface area contributed by atoms with Gasteiger partial charge in [0.05, 0.1) is 11.4 Å². The summed E-state index contributed by atoms with van der Waals surface area (Å²) in [5.74, 6) is 1.91. The van der Waals surface area contributed by atoms with Crippen molar-refractivity contribution >= 4 is 0 Å². The zero-order valence-corrected chi connectivity index (χ0v) is 26.1. The molecular formula is C35H46N4. The Morgan fingerprint density at radius 2 is 0.923 bits per heavy atom. The van der Waals surface area contributed by atoms with Crippen molar-refractivity contribution in [2.75, 3.05) is 0 Å². The number of aromatic nitrogens is 4. The Kier molecular flexibility index (Phi) is 5.93. The Morgan fingerprint density at radius 1 is 0.564 bits per heavy atom. The maximum atomic E-state index is 5.28. The van der Waals surface area contributed by atoms with E-state index < -0.39 is 0 Å². The van der Waals surface area contributed by atoms with E-state index in [1.54, 1.807) is 0 Å². The smallest absolute Gasteiger partial charge is 0.137 e. The summed E-state index contributed by atoms with van der Waals surface area (Å²) >= 11 is 0. The first-order valence-electron chi connectivity index (χ1n) is 14.3. The lowest BCUT2D eigenvalue weighted by atomic mass is 9.62. The number of nitrogens with zero attached hydrogens (tertiary/aromatic N) is 4. The van der Waals surface area contributed by atoms with Crippen molar-refractivity contribution in [2.24, 2.45) is 0 Å². The van der Waals surface area contributed by atoms with E-state index >= 15 is 0 Å². The van der Waals surface area contributed by atoms with E-state index in [9.17, 15) is 0 Å². The molecule has 0 radical (unpaired) electrons. The topological polar surface area (TPSA) is 35.6 Å². The summed E-state index contributed by atoms with van der Waals surface area (Å²) in [7, 11) is 0. The molecule has 0 atom stereocenters. The molecule has 4 heteroatoms. The first kappa shape index (κ1) is 27.4. The highest BCUT2D eigenvalue weighted by atomic mass is 15.1. The van der Waals surface area contributed by atoms with Crippen molar-refractivity contribution in [3.63, 3.8) is 0 Å². The van der Waals surface area contributed by atoms with E-state index in [0.717, 1.165) is 23.0 Å². The second kappa shape index (κ2) is 8.43. The molecule has 4 aromatic heterocycles. The Balaban J connectivity index is 1.91. The normalized spacial score (nSPS) is 17.8. The fourth-order valence-corrected chi connectivity index (χ4v) is 5.81. The molecular weight excluding hydrogens is 476 g/mol. The van der Waals surface area contributed by atoms with Gasteiger partial charge in [0, 0.05) is 50.9 Å². The summed E-state index contributed by atoms with van der Waals surface area (Å²) in [4.78, 5) is 10.6. The minimum Gasteiger partial charge on any atom is -0.305 e. The first-order chi connectivity index (χ1) is 17.8. The number of fused-ring (bicyclic) bond motifs is 10. The molecule has 5 rings (SSSR count). The number of rotatable bonds is 0. The zero-order valence-electron chi connectivity index (χ0n) is 26.1. The summed E-state index contributed by atoms with van der Waals surface area (Å²) in [6.07, 6.45) is 4.67. The van der Waals surface area contributed by atoms with Gasteiger partial charge in [-0.15, -0.1) is 0 Å². The number of hydrogen-bond donors (Lipinski definition) is 0. The monoisotopic (exact) mass is 522 g/mol. The molecule has 0 spiro atoms. The molecule has 8 bridgehead atoms. The van der Waals surface area contributed by atoms with Crippen molar-refractivity contribution in [1.82, 2.24) is 19.1 Å². The van der Waals surface area contributed by atoms with Crippen LogP contribution in [0, 0.1) is 0 Å². The first-order valence-corrected chi connectivity index (χ1v) is 14.3. The van der Waals surface area contributed by atoms with Crippen LogP contribution in [0.25, 0.3) is 11.6 Å². The van der Waals surface area contributed by atoms with Crippen LogP contribution in [-0.4, -0.2) is 19.1 Å². The van der Waals surface area contributed by atoms with Gasteiger partial charge in [0.1, 0.15) is 11.6 Å². The Hall–Kier alpha value is -3.14. The highest BCUT2D eigenvalue weighted by Gasteiger charge is 2.43. The van der Waals surface area contributed by atoms with Crippen LogP contribution in [0.4, 0.5) is 0 Å². The average molecular weight is 523 g/mol. The van der Waals surface area contributed by atoms with Crippen LogP contribution in [0.2, 0.25) is 0 Å². The summed E-state index contributed by atoms with van der Waals surface area (Å²) in [6, 6.07) is 17.6. The second-order valence-corrected chi connectivity index (χ2v) is 15.1. The summed E-state index contributed by atoms with van der Waals surface area (Å²) in [5.41, 5.74) is 6.42. The van der Waals surface area contributed by atoms with Crippen molar-refractivity contribution in [3.05, 3.63) is 94.8 Å². The third-order valence-electron chi connectivity index (χ3n) is 9.43. The summed E-state index contributed by atoms with van der Waals surface area (Å²) in [5, 5.41) is 0. The molecule has 1 aliphatic heterocycles. The minimum atomic E-state index is -0.375. The van der Waals surface area contributed by atoms with Crippen LogP contribution in [-0.2, 0) is 27.1 Å². The molecule has 0 N–H and O–H groups in total. The van der Waals surface area contributed by atoms with Crippen molar-refractivity contribution in [3.8, 4) is 11.6 Å². The molecule has 0 saturated carbocycles. The van der Waals surface area contributed by atoms with Crippen molar-refractivity contribution in [1.29, 1.82) is 0 Å². The lowest BCUT2D eigenvalue weighted by Gasteiger charge is -2.41. The van der Waals surface area contributed by atoms with Crippen molar-refractivity contribution < 1.29 is 0 Å². The summed E-state index contributed by atoms with van der Waals surface area (Å²) in [6.45, 7) is 27.7. The maximum Gasteiger partial charge on any atom is 0.137 e. The van der Waals surface area contributed by atoms with E-state index in [2.05, 4.69) is 153 Å². The van der Waals surface area contributed by atoms with Crippen molar-refractivity contribution in [2.45, 2.75) is 110 Å². The predicted molar refractivity (Wildman–Crippen MR) is 163 cm³/mol. The highest BCUT2D eigenvalue weighted by molar-refractivity contribution is 5.46. The van der Waals surface area contributed by atoms with Gasteiger partial charge in [-0.2, -0.15) is 0 Å². The Bertz CT molecular complexity index is 1430. The van der Waals surface area contributed by atoms with Gasteiger partial charge in [0.25, 0.3) is 0 Å². The van der Waals surface area contributed by atoms with Gasteiger partial charge in [-0.3, -0.25) is 0 Å². The van der Waals surface area contributed by atoms with E-state index in [1.165, 1.54) is 22.5 Å². The lowest BCUT2D eigenvalue weighted by Crippen LogP contribution is -2.40. The van der Waals surface area contributed by atoms with Gasteiger partial charge in [0.15, 0.2) is 0 Å². The largest absolute Gasteiger partial charge is 0.305 e. The molecule has 0 aromatic carbocycles. The van der Waals surface area contributed by atoms with Gasteiger partial charge in [-0.1, -0.05) is 81.4 Å².